The zero-order valence-corrected chi connectivity index (χ0v) is 16.5. The molecule has 5 rings (SSSR count). The third-order valence-corrected chi connectivity index (χ3v) is 5.65. The number of carboxylic acid groups (broad SMARTS) is 1. The van der Waals surface area contributed by atoms with E-state index in [-0.39, 0.29) is 11.7 Å². The van der Waals surface area contributed by atoms with Crippen molar-refractivity contribution in [2.45, 2.75) is 25.3 Å². The van der Waals surface area contributed by atoms with Crippen LogP contribution in [0.3, 0.4) is 0 Å². The second-order valence-corrected chi connectivity index (χ2v) is 7.54. The molecule has 0 saturated carbocycles. The highest BCUT2D eigenvalue weighted by Crippen LogP contribution is 2.27. The van der Waals surface area contributed by atoms with Crippen LogP contribution in [0.15, 0.2) is 43.1 Å². The molecule has 0 radical (unpaired) electrons. The first-order valence-electron chi connectivity index (χ1n) is 9.89. The van der Waals surface area contributed by atoms with Crippen LogP contribution in [0.4, 0.5) is 9.18 Å². The van der Waals surface area contributed by atoms with Crippen LogP contribution in [0.5, 0.6) is 0 Å². The van der Waals surface area contributed by atoms with E-state index in [1.807, 2.05) is 18.3 Å². The normalized spacial score (nSPS) is 14.9. The Morgan fingerprint density at radius 3 is 2.71 bits per heavy atom. The van der Waals surface area contributed by atoms with E-state index in [9.17, 15) is 9.18 Å². The van der Waals surface area contributed by atoms with Crippen molar-refractivity contribution in [2.24, 2.45) is 0 Å². The van der Waals surface area contributed by atoms with Gasteiger partial charge in [0, 0.05) is 42.9 Å². The second kappa shape index (κ2) is 7.74. The summed E-state index contributed by atoms with van der Waals surface area (Å²) >= 11 is 0. The molecule has 31 heavy (non-hydrogen) atoms. The van der Waals surface area contributed by atoms with Crippen molar-refractivity contribution in [3.8, 4) is 5.69 Å². The molecule has 1 saturated heterocycles. The first-order valence-corrected chi connectivity index (χ1v) is 9.89. The number of halogens is 1. The van der Waals surface area contributed by atoms with Crippen LogP contribution in [-0.2, 0) is 6.54 Å². The van der Waals surface area contributed by atoms with E-state index >= 15 is 0 Å². The third-order valence-electron chi connectivity index (χ3n) is 5.65. The van der Waals surface area contributed by atoms with Crippen molar-refractivity contribution >= 4 is 17.0 Å². The van der Waals surface area contributed by atoms with Crippen molar-refractivity contribution < 1.29 is 14.3 Å². The summed E-state index contributed by atoms with van der Waals surface area (Å²) in [6.45, 7) is 1.39. The molecular weight excluding hydrogens is 403 g/mol. The summed E-state index contributed by atoms with van der Waals surface area (Å²) in [5.74, 6) is -0.172. The van der Waals surface area contributed by atoms with Gasteiger partial charge in [-0.25, -0.2) is 13.9 Å². The molecule has 0 aliphatic carbocycles. The van der Waals surface area contributed by atoms with Crippen molar-refractivity contribution in [2.75, 3.05) is 13.1 Å². The molecule has 3 aromatic heterocycles. The maximum atomic E-state index is 14.8. The Bertz CT molecular complexity index is 1210. The van der Waals surface area contributed by atoms with Crippen LogP contribution in [0, 0.1) is 5.82 Å². The number of piperidine rings is 1. The van der Waals surface area contributed by atoms with E-state index in [0.717, 1.165) is 23.9 Å². The van der Waals surface area contributed by atoms with Gasteiger partial charge in [-0.3, -0.25) is 9.97 Å². The number of tetrazole rings is 1. The number of aromatic nitrogens is 7. The molecule has 1 aliphatic rings. The van der Waals surface area contributed by atoms with Crippen LogP contribution >= 0.6 is 0 Å². The molecule has 1 amide bonds. The zero-order chi connectivity index (χ0) is 21.4. The summed E-state index contributed by atoms with van der Waals surface area (Å²) in [5.41, 5.74) is 2.60. The molecular formula is C20H19FN8O2. The Kier molecular flexibility index (Phi) is 4.77. The van der Waals surface area contributed by atoms with Crippen molar-refractivity contribution in [3.05, 3.63) is 60.3 Å². The number of nitrogens with zero attached hydrogens (tertiary/aromatic N) is 8. The fraction of sp³-hybridized carbons (Fsp3) is 0.300. The summed E-state index contributed by atoms with van der Waals surface area (Å²) in [5, 5.41) is 20.8. The van der Waals surface area contributed by atoms with Crippen LogP contribution in [-0.4, -0.2) is 63.9 Å². The Balaban J connectivity index is 1.33. The fourth-order valence-electron chi connectivity index (χ4n) is 4.02. The minimum absolute atomic E-state index is 0.201. The number of hydrogen-bond acceptors (Lipinski definition) is 6. The topological polar surface area (TPSA) is 115 Å². The highest BCUT2D eigenvalue weighted by atomic mass is 19.1. The number of likely N-dealkylation sites (tertiary alicyclic amines) is 1. The van der Waals surface area contributed by atoms with Crippen molar-refractivity contribution in [3.63, 3.8) is 0 Å². The lowest BCUT2D eigenvalue weighted by Crippen LogP contribution is -2.37. The third kappa shape index (κ3) is 3.69. The van der Waals surface area contributed by atoms with Gasteiger partial charge in [0.05, 0.1) is 35.3 Å². The molecule has 0 unspecified atom stereocenters. The van der Waals surface area contributed by atoms with E-state index in [1.165, 1.54) is 22.0 Å². The van der Waals surface area contributed by atoms with Gasteiger partial charge in [0.15, 0.2) is 0 Å². The van der Waals surface area contributed by atoms with Gasteiger partial charge in [0.2, 0.25) is 0 Å². The van der Waals surface area contributed by atoms with Crippen molar-refractivity contribution in [1.82, 2.24) is 39.6 Å². The van der Waals surface area contributed by atoms with E-state index in [2.05, 4.69) is 25.5 Å². The standard InChI is InChI=1S/C20H19FN8O2/c21-17-8-16(29-12-24-25-26-29)7-14-3-6-28(19(14)17)11-15-9-23-18(10-22-15)13-1-4-27(5-2-13)20(30)31/h3,6-10,12-13H,1-2,4-5,11H2,(H,30,31). The first-order chi connectivity index (χ1) is 15.1. The van der Waals surface area contributed by atoms with Gasteiger partial charge in [0.1, 0.15) is 12.1 Å². The summed E-state index contributed by atoms with van der Waals surface area (Å²) in [7, 11) is 0. The monoisotopic (exact) mass is 422 g/mol. The van der Waals surface area contributed by atoms with E-state index < -0.39 is 6.09 Å². The highest BCUT2D eigenvalue weighted by Gasteiger charge is 2.24. The van der Waals surface area contributed by atoms with Gasteiger partial charge < -0.3 is 14.6 Å². The van der Waals surface area contributed by atoms with Gasteiger partial charge in [-0.2, -0.15) is 0 Å². The molecule has 0 spiro atoms. The van der Waals surface area contributed by atoms with E-state index in [1.54, 1.807) is 17.0 Å². The quantitative estimate of drug-likeness (QED) is 0.537. The lowest BCUT2D eigenvalue weighted by Gasteiger charge is -2.29. The molecule has 1 fully saturated rings. The molecule has 158 valence electrons. The summed E-state index contributed by atoms with van der Waals surface area (Å²) in [4.78, 5) is 21.5. The average molecular weight is 422 g/mol. The molecule has 0 atom stereocenters. The van der Waals surface area contributed by atoms with E-state index in [4.69, 9.17) is 5.11 Å². The Hall–Kier alpha value is -3.89. The highest BCUT2D eigenvalue weighted by molar-refractivity contribution is 5.83. The number of hydrogen-bond donors (Lipinski definition) is 1. The van der Waals surface area contributed by atoms with Crippen LogP contribution in [0.25, 0.3) is 16.6 Å². The summed E-state index contributed by atoms with van der Waals surface area (Å²) in [6, 6.07) is 5.06. The SMILES string of the molecule is O=C(O)N1CCC(c2cnc(Cn3ccc4cc(-n5cnnn5)cc(F)c43)cn2)CC1. The van der Waals surface area contributed by atoms with Gasteiger partial charge in [0.25, 0.3) is 0 Å². The predicted molar refractivity (Wildman–Crippen MR) is 107 cm³/mol. The first kappa shape index (κ1) is 19.1. The Morgan fingerprint density at radius 2 is 2.03 bits per heavy atom. The van der Waals surface area contributed by atoms with Gasteiger partial charge in [-0.1, -0.05) is 0 Å². The molecule has 1 aliphatic heterocycles. The number of carbonyl (C=O) groups is 1. The lowest BCUT2D eigenvalue weighted by molar-refractivity contribution is 0.131. The average Bonchev–Trinajstić information content (AvgIpc) is 3.45. The zero-order valence-electron chi connectivity index (χ0n) is 16.5. The predicted octanol–water partition coefficient (Wildman–Crippen LogP) is 2.45. The van der Waals surface area contributed by atoms with Crippen LogP contribution < -0.4 is 0 Å². The maximum absolute atomic E-state index is 14.8. The van der Waals surface area contributed by atoms with Gasteiger partial charge in [-0.15, -0.1) is 5.10 Å². The molecule has 10 nitrogen and oxygen atoms in total. The molecule has 4 aromatic rings. The van der Waals surface area contributed by atoms with Gasteiger partial charge in [-0.05, 0) is 35.4 Å². The fourth-order valence-corrected chi connectivity index (χ4v) is 4.02. The molecule has 1 aromatic carbocycles. The minimum atomic E-state index is -0.879. The molecule has 1 N–H and O–H groups in total. The van der Waals surface area contributed by atoms with Gasteiger partial charge >= 0.3 is 6.09 Å². The Morgan fingerprint density at radius 1 is 1.19 bits per heavy atom. The number of benzene rings is 1. The number of rotatable bonds is 4. The molecule has 4 heterocycles. The smallest absolute Gasteiger partial charge is 0.407 e. The molecule has 11 heteroatoms. The maximum Gasteiger partial charge on any atom is 0.407 e. The van der Waals surface area contributed by atoms with Crippen LogP contribution in [0.2, 0.25) is 0 Å². The van der Waals surface area contributed by atoms with Crippen molar-refractivity contribution in [1.29, 1.82) is 0 Å². The summed E-state index contributed by atoms with van der Waals surface area (Å²) < 4.78 is 18.0. The van der Waals surface area contributed by atoms with Crippen LogP contribution in [0.1, 0.15) is 30.1 Å². The second-order valence-electron chi connectivity index (χ2n) is 7.54. The van der Waals surface area contributed by atoms with E-state index in [0.29, 0.717) is 36.5 Å². The number of fused-ring (bicyclic) bond motifs is 1. The lowest BCUT2D eigenvalue weighted by atomic mass is 9.94. The molecule has 0 bridgehead atoms. The summed E-state index contributed by atoms with van der Waals surface area (Å²) in [6.07, 6.45) is 7.27. The number of amides is 1. The minimum Gasteiger partial charge on any atom is -0.465 e. The Labute approximate surface area is 175 Å². The largest absolute Gasteiger partial charge is 0.465 e.